The molecule has 0 spiro atoms. The molecule has 0 saturated carbocycles. The predicted octanol–water partition coefficient (Wildman–Crippen LogP) is 3.21. The molecule has 1 aromatic heterocycles. The van der Waals surface area contributed by atoms with E-state index in [0.717, 1.165) is 11.8 Å². The maximum absolute atomic E-state index is 12.2. The lowest BCUT2D eigenvalue weighted by atomic mass is 10.1. The minimum absolute atomic E-state index is 0.181. The third-order valence-electron chi connectivity index (χ3n) is 3.14. The molecule has 112 valence electrons. The Bertz CT molecular complexity index is 704. The molecule has 2 rings (SSSR count). The third kappa shape index (κ3) is 3.24. The number of benzene rings is 1. The summed E-state index contributed by atoms with van der Waals surface area (Å²) in [4.78, 5) is 24.1. The molecular formula is C16H20N2O3. The molecule has 0 saturated heterocycles. The van der Waals surface area contributed by atoms with Gasteiger partial charge in [-0.05, 0) is 18.6 Å². The highest BCUT2D eigenvalue weighted by Gasteiger charge is 2.17. The van der Waals surface area contributed by atoms with E-state index in [9.17, 15) is 9.59 Å². The highest BCUT2D eigenvalue weighted by Crippen LogP contribution is 2.28. The molecule has 1 amide bonds. The molecule has 0 aliphatic rings. The van der Waals surface area contributed by atoms with E-state index >= 15 is 0 Å². The van der Waals surface area contributed by atoms with Gasteiger partial charge in [0.15, 0.2) is 5.69 Å². The van der Waals surface area contributed by atoms with E-state index < -0.39 is 5.63 Å². The van der Waals surface area contributed by atoms with Crippen molar-refractivity contribution in [3.63, 3.8) is 0 Å². The van der Waals surface area contributed by atoms with Crippen molar-refractivity contribution in [3.05, 3.63) is 34.7 Å². The zero-order valence-electron chi connectivity index (χ0n) is 12.5. The van der Waals surface area contributed by atoms with E-state index in [1.54, 1.807) is 26.0 Å². The van der Waals surface area contributed by atoms with Crippen LogP contribution in [-0.2, 0) is 4.79 Å². The second-order valence-electron chi connectivity index (χ2n) is 5.21. The quantitative estimate of drug-likeness (QED) is 0.829. The Hall–Kier alpha value is -2.30. The molecule has 1 heterocycles. The zero-order chi connectivity index (χ0) is 15.4. The number of hydrogen-bond acceptors (Lipinski definition) is 4. The molecule has 0 bridgehead atoms. The first-order valence-electron chi connectivity index (χ1n) is 7.15. The van der Waals surface area contributed by atoms with Crippen molar-refractivity contribution < 1.29 is 9.21 Å². The summed E-state index contributed by atoms with van der Waals surface area (Å²) in [6, 6.07) is 7.28. The molecular weight excluding hydrogens is 268 g/mol. The molecule has 5 heteroatoms. The molecule has 0 aliphatic carbocycles. The maximum Gasteiger partial charge on any atom is 0.362 e. The number of hydrogen-bond donors (Lipinski definition) is 2. The SMILES string of the molecule is CCCNc1c(NC(=O)C(C)C)c(=O)oc2ccccc12. The Kier molecular flexibility index (Phi) is 4.62. The molecule has 2 aromatic rings. The van der Waals surface area contributed by atoms with Gasteiger partial charge < -0.3 is 15.1 Å². The van der Waals surface area contributed by atoms with Gasteiger partial charge in [-0.3, -0.25) is 4.79 Å². The van der Waals surface area contributed by atoms with Crippen LogP contribution in [-0.4, -0.2) is 12.5 Å². The third-order valence-corrected chi connectivity index (χ3v) is 3.14. The van der Waals surface area contributed by atoms with Gasteiger partial charge in [0, 0.05) is 17.8 Å². The Labute approximate surface area is 123 Å². The van der Waals surface area contributed by atoms with E-state index in [0.29, 0.717) is 17.8 Å². The fourth-order valence-electron chi connectivity index (χ4n) is 1.96. The lowest BCUT2D eigenvalue weighted by Gasteiger charge is -2.14. The van der Waals surface area contributed by atoms with E-state index in [4.69, 9.17) is 4.42 Å². The number of carbonyl (C=O) groups is 1. The van der Waals surface area contributed by atoms with Gasteiger partial charge in [-0.2, -0.15) is 0 Å². The van der Waals surface area contributed by atoms with Crippen LogP contribution in [0.2, 0.25) is 0 Å². The van der Waals surface area contributed by atoms with Gasteiger partial charge in [-0.1, -0.05) is 32.9 Å². The summed E-state index contributed by atoms with van der Waals surface area (Å²) in [5.41, 5.74) is 0.767. The van der Waals surface area contributed by atoms with Gasteiger partial charge in [0.1, 0.15) is 5.58 Å². The largest absolute Gasteiger partial charge is 0.421 e. The number of nitrogens with one attached hydrogen (secondary N) is 2. The molecule has 0 radical (unpaired) electrons. The van der Waals surface area contributed by atoms with Crippen LogP contribution >= 0.6 is 0 Å². The van der Waals surface area contributed by atoms with Crippen LogP contribution in [0.15, 0.2) is 33.5 Å². The molecule has 0 aliphatic heterocycles. The second-order valence-corrected chi connectivity index (χ2v) is 5.21. The minimum Gasteiger partial charge on any atom is -0.421 e. The zero-order valence-corrected chi connectivity index (χ0v) is 12.5. The number of fused-ring (bicyclic) bond motifs is 1. The summed E-state index contributed by atoms with van der Waals surface area (Å²) < 4.78 is 5.28. The van der Waals surface area contributed by atoms with Crippen LogP contribution in [0.25, 0.3) is 11.0 Å². The summed E-state index contributed by atoms with van der Waals surface area (Å²) >= 11 is 0. The average Bonchev–Trinajstić information content (AvgIpc) is 2.46. The Morgan fingerprint density at radius 2 is 1.95 bits per heavy atom. The predicted molar refractivity (Wildman–Crippen MR) is 84.7 cm³/mol. The van der Waals surface area contributed by atoms with Crippen molar-refractivity contribution in [1.29, 1.82) is 0 Å². The van der Waals surface area contributed by atoms with Crippen molar-refractivity contribution >= 4 is 28.3 Å². The van der Waals surface area contributed by atoms with Crippen LogP contribution in [0.4, 0.5) is 11.4 Å². The molecule has 5 nitrogen and oxygen atoms in total. The van der Waals surface area contributed by atoms with E-state index in [1.165, 1.54) is 0 Å². The van der Waals surface area contributed by atoms with Gasteiger partial charge in [-0.25, -0.2) is 4.79 Å². The fraction of sp³-hybridized carbons (Fsp3) is 0.375. The lowest BCUT2D eigenvalue weighted by molar-refractivity contribution is -0.118. The topological polar surface area (TPSA) is 71.3 Å². The summed E-state index contributed by atoms with van der Waals surface area (Å²) in [5, 5.41) is 6.67. The molecule has 0 atom stereocenters. The van der Waals surface area contributed by atoms with E-state index in [1.807, 2.05) is 19.1 Å². The molecule has 21 heavy (non-hydrogen) atoms. The van der Waals surface area contributed by atoms with Crippen LogP contribution in [0.3, 0.4) is 0 Å². The molecule has 1 aromatic carbocycles. The first kappa shape index (κ1) is 15.1. The fourth-order valence-corrected chi connectivity index (χ4v) is 1.96. The molecule has 2 N–H and O–H groups in total. The van der Waals surface area contributed by atoms with Crippen molar-refractivity contribution in [1.82, 2.24) is 0 Å². The van der Waals surface area contributed by atoms with Crippen molar-refractivity contribution in [2.24, 2.45) is 5.92 Å². The van der Waals surface area contributed by atoms with Gasteiger partial charge in [0.25, 0.3) is 0 Å². The Morgan fingerprint density at radius 3 is 2.62 bits per heavy atom. The molecule has 0 unspecified atom stereocenters. The average molecular weight is 288 g/mol. The van der Waals surface area contributed by atoms with Crippen LogP contribution in [0.1, 0.15) is 27.2 Å². The summed E-state index contributed by atoms with van der Waals surface area (Å²) in [6.07, 6.45) is 0.909. The van der Waals surface area contributed by atoms with Crippen LogP contribution in [0, 0.1) is 5.92 Å². The van der Waals surface area contributed by atoms with Gasteiger partial charge in [0.05, 0.1) is 5.69 Å². The van der Waals surface area contributed by atoms with Crippen LogP contribution in [0.5, 0.6) is 0 Å². The normalized spacial score (nSPS) is 10.9. The number of para-hydroxylation sites is 1. The number of anilines is 2. The van der Waals surface area contributed by atoms with Gasteiger partial charge in [-0.15, -0.1) is 0 Å². The summed E-state index contributed by atoms with van der Waals surface area (Å²) in [6.45, 7) is 6.29. The van der Waals surface area contributed by atoms with Gasteiger partial charge >= 0.3 is 5.63 Å². The first-order valence-corrected chi connectivity index (χ1v) is 7.15. The highest BCUT2D eigenvalue weighted by atomic mass is 16.4. The second kappa shape index (κ2) is 6.43. The van der Waals surface area contributed by atoms with Gasteiger partial charge in [0.2, 0.25) is 5.91 Å². The first-order chi connectivity index (χ1) is 10.0. The lowest BCUT2D eigenvalue weighted by Crippen LogP contribution is -2.23. The molecule has 0 fully saturated rings. The highest BCUT2D eigenvalue weighted by molar-refractivity contribution is 6.02. The monoisotopic (exact) mass is 288 g/mol. The standard InChI is InChI=1S/C16H20N2O3/c1-4-9-17-13-11-7-5-6-8-12(11)21-16(20)14(13)18-15(19)10(2)3/h5-8,10,17H,4,9H2,1-3H3,(H,18,19). The Balaban J connectivity index is 2.58. The summed E-state index contributed by atoms with van der Waals surface area (Å²) in [7, 11) is 0. The maximum atomic E-state index is 12.2. The van der Waals surface area contributed by atoms with E-state index in [-0.39, 0.29) is 17.5 Å². The summed E-state index contributed by atoms with van der Waals surface area (Å²) in [5.74, 6) is -0.424. The van der Waals surface area contributed by atoms with Crippen LogP contribution < -0.4 is 16.3 Å². The number of rotatable bonds is 5. The van der Waals surface area contributed by atoms with Crippen molar-refractivity contribution in [2.45, 2.75) is 27.2 Å². The Morgan fingerprint density at radius 1 is 1.24 bits per heavy atom. The van der Waals surface area contributed by atoms with Crippen molar-refractivity contribution in [2.75, 3.05) is 17.2 Å². The minimum atomic E-state index is -0.540. The smallest absolute Gasteiger partial charge is 0.362 e. The van der Waals surface area contributed by atoms with Crippen molar-refractivity contribution in [3.8, 4) is 0 Å². The number of carbonyl (C=O) groups excluding carboxylic acids is 1. The van der Waals surface area contributed by atoms with E-state index in [2.05, 4.69) is 10.6 Å². The number of amides is 1.